The molecule has 1 atom stereocenters. The average Bonchev–Trinajstić information content (AvgIpc) is 2.58. The van der Waals surface area contributed by atoms with E-state index in [4.69, 9.17) is 0 Å². The van der Waals surface area contributed by atoms with E-state index in [1.54, 1.807) is 0 Å². The lowest BCUT2D eigenvalue weighted by molar-refractivity contribution is -0.133. The number of nitrogens with one attached hydrogen (secondary N) is 1. The first kappa shape index (κ1) is 14.7. The van der Waals surface area contributed by atoms with Crippen molar-refractivity contribution in [3.63, 3.8) is 0 Å². The molecule has 3 nitrogen and oxygen atoms in total. The molecule has 0 aromatic heterocycles. The molecule has 3 heteroatoms. The van der Waals surface area contributed by atoms with Gasteiger partial charge in [0.05, 0.1) is 6.04 Å². The number of amides is 1. The fraction of sp³-hybridized carbons (Fsp3) is 0.533. The van der Waals surface area contributed by atoms with Gasteiger partial charge in [0, 0.05) is 13.1 Å². The second-order valence-electron chi connectivity index (χ2n) is 4.17. The Morgan fingerprint density at radius 3 is 2.44 bits per heavy atom. The van der Waals surface area contributed by atoms with Gasteiger partial charge in [0.15, 0.2) is 0 Å². The van der Waals surface area contributed by atoms with Crippen LogP contribution in [0.3, 0.4) is 0 Å². The molecule has 1 unspecified atom stereocenters. The Morgan fingerprint density at radius 2 is 1.89 bits per heavy atom. The normalized spacial score (nSPS) is 18.6. The zero-order valence-corrected chi connectivity index (χ0v) is 11.9. The number of carbonyl (C=O) groups excluding carboxylic acids is 1. The van der Waals surface area contributed by atoms with Gasteiger partial charge in [-0.25, -0.2) is 0 Å². The molecule has 0 saturated heterocycles. The average molecular weight is 248 g/mol. The Labute approximate surface area is 110 Å². The number of benzene rings is 1. The largest absolute Gasteiger partial charge is 0.337 e. The number of hydrogen-bond acceptors (Lipinski definition) is 2. The summed E-state index contributed by atoms with van der Waals surface area (Å²) >= 11 is 0. The van der Waals surface area contributed by atoms with Gasteiger partial charge in [-0.2, -0.15) is 0 Å². The maximum absolute atomic E-state index is 12.1. The maximum Gasteiger partial charge on any atom is 0.240 e. The Bertz CT molecular complexity index is 355. The van der Waals surface area contributed by atoms with Gasteiger partial charge in [0.25, 0.3) is 0 Å². The molecule has 0 aliphatic carbocycles. The first-order valence-electron chi connectivity index (χ1n) is 6.79. The minimum Gasteiger partial charge on any atom is -0.337 e. The smallest absolute Gasteiger partial charge is 0.240 e. The highest BCUT2D eigenvalue weighted by Crippen LogP contribution is 2.19. The zero-order chi connectivity index (χ0) is 13.5. The molecule has 0 fully saturated rings. The van der Waals surface area contributed by atoms with Gasteiger partial charge in [-0.15, -0.1) is 0 Å². The number of rotatable bonds is 2. The minimum atomic E-state index is -0.0800. The molecule has 1 aliphatic heterocycles. The Hall–Kier alpha value is -1.35. The van der Waals surface area contributed by atoms with Crippen molar-refractivity contribution in [1.29, 1.82) is 0 Å². The summed E-state index contributed by atoms with van der Waals surface area (Å²) in [4.78, 5) is 14.0. The quantitative estimate of drug-likeness (QED) is 0.870. The van der Waals surface area contributed by atoms with Crippen molar-refractivity contribution >= 4 is 5.91 Å². The molecule has 1 heterocycles. The number of hydrogen-bond donors (Lipinski definition) is 1. The van der Waals surface area contributed by atoms with Crippen LogP contribution < -0.4 is 5.32 Å². The van der Waals surface area contributed by atoms with Crippen LogP contribution in [-0.4, -0.2) is 30.4 Å². The lowest BCUT2D eigenvalue weighted by atomic mass is 10.0. The molecule has 0 spiro atoms. The molecule has 2 rings (SSSR count). The van der Waals surface area contributed by atoms with Crippen LogP contribution in [0.2, 0.25) is 0 Å². The molecule has 1 amide bonds. The molecule has 1 N–H and O–H groups in total. The van der Waals surface area contributed by atoms with Crippen LogP contribution >= 0.6 is 0 Å². The van der Waals surface area contributed by atoms with Gasteiger partial charge in [-0.3, -0.25) is 4.79 Å². The lowest BCUT2D eigenvalue weighted by Gasteiger charge is -2.22. The van der Waals surface area contributed by atoms with E-state index in [1.807, 2.05) is 44.9 Å². The van der Waals surface area contributed by atoms with E-state index in [0.29, 0.717) is 0 Å². The number of nitrogens with zero attached hydrogens (tertiary/aromatic N) is 1. The molecule has 18 heavy (non-hydrogen) atoms. The molecule has 0 saturated carbocycles. The van der Waals surface area contributed by atoms with E-state index in [9.17, 15) is 4.79 Å². The molecule has 100 valence electrons. The molecule has 0 bridgehead atoms. The fourth-order valence-electron chi connectivity index (χ4n) is 2.22. The fourth-order valence-corrected chi connectivity index (χ4v) is 2.22. The first-order valence-corrected chi connectivity index (χ1v) is 6.79. The first-order chi connectivity index (χ1) is 8.76. The highest BCUT2D eigenvalue weighted by Gasteiger charge is 2.26. The van der Waals surface area contributed by atoms with Crippen LogP contribution in [0.4, 0.5) is 0 Å². The van der Waals surface area contributed by atoms with E-state index >= 15 is 0 Å². The highest BCUT2D eigenvalue weighted by atomic mass is 16.2. The van der Waals surface area contributed by atoms with E-state index < -0.39 is 0 Å². The monoisotopic (exact) mass is 248 g/mol. The summed E-state index contributed by atoms with van der Waals surface area (Å²) in [5.41, 5.74) is 2.56. The van der Waals surface area contributed by atoms with Crippen molar-refractivity contribution in [3.05, 3.63) is 35.4 Å². The molecule has 1 aliphatic rings. The summed E-state index contributed by atoms with van der Waals surface area (Å²) in [6, 6.07) is 8.23. The predicted molar refractivity (Wildman–Crippen MR) is 75.4 cm³/mol. The SMILES string of the molecule is CC.CCN1Cc2ccccc2CC(NC)C1=O. The van der Waals surface area contributed by atoms with E-state index in [-0.39, 0.29) is 11.9 Å². The van der Waals surface area contributed by atoms with E-state index in [2.05, 4.69) is 17.4 Å². The molecular formula is C15H24N2O. The van der Waals surface area contributed by atoms with Crippen LogP contribution in [-0.2, 0) is 17.8 Å². The van der Waals surface area contributed by atoms with E-state index in [1.165, 1.54) is 11.1 Å². The van der Waals surface area contributed by atoms with Crippen LogP contribution in [0.15, 0.2) is 24.3 Å². The van der Waals surface area contributed by atoms with Gasteiger partial charge in [0.1, 0.15) is 0 Å². The summed E-state index contributed by atoms with van der Waals surface area (Å²) in [5, 5.41) is 3.11. The van der Waals surface area contributed by atoms with Gasteiger partial charge in [-0.1, -0.05) is 38.1 Å². The van der Waals surface area contributed by atoms with Crippen molar-refractivity contribution in [2.45, 2.75) is 39.8 Å². The van der Waals surface area contributed by atoms with Crippen molar-refractivity contribution in [2.24, 2.45) is 0 Å². The third-order valence-electron chi connectivity index (χ3n) is 3.24. The van der Waals surface area contributed by atoms with Gasteiger partial charge in [0.2, 0.25) is 5.91 Å². The summed E-state index contributed by atoms with van der Waals surface area (Å²) < 4.78 is 0. The number of fused-ring (bicyclic) bond motifs is 1. The van der Waals surface area contributed by atoms with Gasteiger partial charge >= 0.3 is 0 Å². The Balaban J connectivity index is 0.000000771. The second-order valence-corrected chi connectivity index (χ2v) is 4.17. The minimum absolute atomic E-state index is 0.0800. The van der Waals surface area contributed by atoms with Crippen LogP contribution in [0, 0.1) is 0 Å². The molecule has 0 radical (unpaired) electrons. The van der Waals surface area contributed by atoms with Crippen molar-refractivity contribution in [3.8, 4) is 0 Å². The molecule has 1 aromatic carbocycles. The summed E-state index contributed by atoms with van der Waals surface area (Å²) in [6.07, 6.45) is 0.794. The topological polar surface area (TPSA) is 32.3 Å². The van der Waals surface area contributed by atoms with Crippen molar-refractivity contribution in [2.75, 3.05) is 13.6 Å². The van der Waals surface area contributed by atoms with Gasteiger partial charge < -0.3 is 10.2 Å². The van der Waals surface area contributed by atoms with Crippen molar-refractivity contribution in [1.82, 2.24) is 10.2 Å². The summed E-state index contributed by atoms with van der Waals surface area (Å²) in [6.45, 7) is 7.54. The third-order valence-corrected chi connectivity index (χ3v) is 3.24. The second kappa shape index (κ2) is 7.17. The molecule has 1 aromatic rings. The van der Waals surface area contributed by atoms with Crippen molar-refractivity contribution < 1.29 is 4.79 Å². The number of likely N-dealkylation sites (N-methyl/N-ethyl adjacent to an activating group) is 2. The van der Waals surface area contributed by atoms with E-state index in [0.717, 1.165) is 19.5 Å². The lowest BCUT2D eigenvalue weighted by Crippen LogP contribution is -2.44. The summed E-state index contributed by atoms with van der Waals surface area (Å²) in [7, 11) is 1.85. The summed E-state index contributed by atoms with van der Waals surface area (Å²) in [5.74, 6) is 0.209. The van der Waals surface area contributed by atoms with Crippen LogP contribution in [0.1, 0.15) is 31.9 Å². The third kappa shape index (κ3) is 3.10. The van der Waals surface area contributed by atoms with Crippen LogP contribution in [0.5, 0.6) is 0 Å². The molecular weight excluding hydrogens is 224 g/mol. The zero-order valence-electron chi connectivity index (χ0n) is 11.9. The highest BCUT2D eigenvalue weighted by molar-refractivity contribution is 5.83. The number of carbonyl (C=O) groups is 1. The Kier molecular flexibility index (Phi) is 5.86. The maximum atomic E-state index is 12.1. The Morgan fingerprint density at radius 1 is 1.28 bits per heavy atom. The van der Waals surface area contributed by atoms with Crippen LogP contribution in [0.25, 0.3) is 0 Å². The van der Waals surface area contributed by atoms with Gasteiger partial charge in [-0.05, 0) is 31.5 Å². The standard InChI is InChI=1S/C13H18N2O.C2H6/c1-3-15-9-11-7-5-4-6-10(11)8-12(14-2)13(15)16;1-2/h4-7,12,14H,3,8-9H2,1-2H3;1-2H3. The predicted octanol–water partition coefficient (Wildman–Crippen LogP) is 2.21.